The van der Waals surface area contributed by atoms with Gasteiger partial charge < -0.3 is 10.1 Å². The molecule has 1 heterocycles. The number of hydrazine groups is 1. The zero-order chi connectivity index (χ0) is 11.4. The minimum atomic E-state index is -0.340. The molecule has 0 saturated heterocycles. The first-order valence-electron chi connectivity index (χ1n) is 4.67. The molecule has 0 saturated carbocycles. The molecule has 1 aliphatic rings. The summed E-state index contributed by atoms with van der Waals surface area (Å²) >= 11 is 0. The summed E-state index contributed by atoms with van der Waals surface area (Å²) in [7, 11) is 0. The Morgan fingerprint density at radius 3 is 3.00 bits per heavy atom. The maximum absolute atomic E-state index is 11.1. The zero-order valence-electron chi connectivity index (χ0n) is 8.82. The molecular formula is C9H15N3O3. The largest absolute Gasteiger partial charge is 0.466 e. The highest BCUT2D eigenvalue weighted by molar-refractivity contribution is 5.89. The molecule has 0 aromatic carbocycles. The standard InChI is InChI=1S/C9H15N3O3/c1-6-5-9(14)11-8(12(6)10)3-4-15-7(2)13/h5,8H,3-4,10H2,1-2H3,(H,11,14). The van der Waals surface area contributed by atoms with E-state index in [2.05, 4.69) is 5.32 Å². The van der Waals surface area contributed by atoms with Crippen molar-refractivity contribution in [1.29, 1.82) is 0 Å². The predicted octanol–water partition coefficient (Wildman–Crippen LogP) is -0.525. The van der Waals surface area contributed by atoms with E-state index < -0.39 is 0 Å². The molecule has 1 aliphatic heterocycles. The smallest absolute Gasteiger partial charge is 0.302 e. The Morgan fingerprint density at radius 2 is 2.40 bits per heavy atom. The topological polar surface area (TPSA) is 84.7 Å². The van der Waals surface area contributed by atoms with E-state index in [4.69, 9.17) is 10.6 Å². The monoisotopic (exact) mass is 213 g/mol. The highest BCUT2D eigenvalue weighted by atomic mass is 16.5. The van der Waals surface area contributed by atoms with Gasteiger partial charge in [-0.25, -0.2) is 5.84 Å². The molecule has 3 N–H and O–H groups in total. The lowest BCUT2D eigenvalue weighted by Gasteiger charge is -2.33. The Bertz CT molecular complexity index is 301. The maximum Gasteiger partial charge on any atom is 0.302 e. The van der Waals surface area contributed by atoms with Gasteiger partial charge in [-0.2, -0.15) is 0 Å². The summed E-state index contributed by atoms with van der Waals surface area (Å²) in [5, 5.41) is 4.11. The molecule has 0 fully saturated rings. The highest BCUT2D eigenvalue weighted by Crippen LogP contribution is 2.09. The minimum Gasteiger partial charge on any atom is -0.466 e. The summed E-state index contributed by atoms with van der Waals surface area (Å²) in [4.78, 5) is 21.7. The molecular weight excluding hydrogens is 198 g/mol. The van der Waals surface area contributed by atoms with E-state index >= 15 is 0 Å². The fourth-order valence-electron chi connectivity index (χ4n) is 1.31. The molecule has 0 aromatic heterocycles. The van der Waals surface area contributed by atoms with Crippen molar-refractivity contribution in [3.8, 4) is 0 Å². The molecule has 6 nitrogen and oxygen atoms in total. The van der Waals surface area contributed by atoms with Crippen LogP contribution < -0.4 is 11.2 Å². The van der Waals surface area contributed by atoms with Gasteiger partial charge in [0.05, 0.1) is 6.61 Å². The molecule has 6 heteroatoms. The van der Waals surface area contributed by atoms with Crippen LogP contribution in [-0.4, -0.2) is 29.7 Å². The fraction of sp³-hybridized carbons (Fsp3) is 0.556. The zero-order valence-corrected chi connectivity index (χ0v) is 8.82. The van der Waals surface area contributed by atoms with Gasteiger partial charge >= 0.3 is 5.97 Å². The van der Waals surface area contributed by atoms with Crippen LogP contribution in [-0.2, 0) is 14.3 Å². The van der Waals surface area contributed by atoms with Crippen LogP contribution in [0.1, 0.15) is 20.3 Å². The number of nitrogens with zero attached hydrogens (tertiary/aromatic N) is 1. The number of nitrogens with two attached hydrogens (primary N) is 1. The van der Waals surface area contributed by atoms with Gasteiger partial charge in [0.25, 0.3) is 0 Å². The Kier molecular flexibility index (Phi) is 3.68. The van der Waals surface area contributed by atoms with Crippen molar-refractivity contribution in [3.05, 3.63) is 11.8 Å². The molecule has 0 aromatic rings. The Labute approximate surface area is 88.0 Å². The lowest BCUT2D eigenvalue weighted by molar-refractivity contribution is -0.141. The van der Waals surface area contributed by atoms with Crippen molar-refractivity contribution in [3.63, 3.8) is 0 Å². The number of ether oxygens (including phenoxy) is 1. The van der Waals surface area contributed by atoms with Gasteiger partial charge in [0.2, 0.25) is 5.91 Å². The summed E-state index contributed by atoms with van der Waals surface area (Å²) < 4.78 is 4.77. The minimum absolute atomic E-state index is 0.179. The third-order valence-electron chi connectivity index (χ3n) is 2.09. The number of amides is 1. The van der Waals surface area contributed by atoms with Crippen LogP contribution in [0.3, 0.4) is 0 Å². The summed E-state index contributed by atoms with van der Waals surface area (Å²) in [5.74, 6) is 5.19. The number of hydrogen-bond acceptors (Lipinski definition) is 5. The summed E-state index contributed by atoms with van der Waals surface area (Å²) in [6.07, 6.45) is 1.57. The number of esters is 1. The van der Waals surface area contributed by atoms with Gasteiger partial charge in [-0.1, -0.05) is 0 Å². The number of rotatable bonds is 3. The second kappa shape index (κ2) is 4.79. The normalized spacial score (nSPS) is 20.7. The van der Waals surface area contributed by atoms with Crippen LogP contribution in [0.25, 0.3) is 0 Å². The lowest BCUT2D eigenvalue weighted by Crippen LogP contribution is -2.54. The van der Waals surface area contributed by atoms with Gasteiger partial charge in [-0.15, -0.1) is 0 Å². The quantitative estimate of drug-likeness (QED) is 0.486. The second-order valence-electron chi connectivity index (χ2n) is 3.35. The van der Waals surface area contributed by atoms with Crippen molar-refractivity contribution in [2.45, 2.75) is 26.4 Å². The number of carbonyl (C=O) groups excluding carboxylic acids is 2. The van der Waals surface area contributed by atoms with E-state index in [1.54, 1.807) is 6.92 Å². The first-order valence-corrected chi connectivity index (χ1v) is 4.67. The molecule has 0 aliphatic carbocycles. The van der Waals surface area contributed by atoms with Crippen molar-refractivity contribution < 1.29 is 14.3 Å². The highest BCUT2D eigenvalue weighted by Gasteiger charge is 2.22. The first-order chi connectivity index (χ1) is 7.00. The fourth-order valence-corrected chi connectivity index (χ4v) is 1.31. The number of carbonyl (C=O) groups is 2. The van der Waals surface area contributed by atoms with Gasteiger partial charge in [0.1, 0.15) is 6.17 Å². The lowest BCUT2D eigenvalue weighted by atomic mass is 10.2. The first kappa shape index (κ1) is 11.5. The van der Waals surface area contributed by atoms with Crippen LogP contribution in [0, 0.1) is 0 Å². The van der Waals surface area contributed by atoms with Crippen molar-refractivity contribution in [2.75, 3.05) is 6.61 Å². The van der Waals surface area contributed by atoms with Crippen LogP contribution in [0.2, 0.25) is 0 Å². The van der Waals surface area contributed by atoms with Gasteiger partial charge in [0, 0.05) is 25.1 Å². The predicted molar refractivity (Wildman–Crippen MR) is 53.0 cm³/mol. The average Bonchev–Trinajstić information content (AvgIpc) is 2.12. The van der Waals surface area contributed by atoms with E-state index in [0.717, 1.165) is 0 Å². The Balaban J connectivity index is 2.45. The molecule has 1 atom stereocenters. The SMILES string of the molecule is CC(=O)OCCC1NC(=O)C=C(C)N1N. The van der Waals surface area contributed by atoms with Crippen molar-refractivity contribution in [2.24, 2.45) is 5.84 Å². The van der Waals surface area contributed by atoms with E-state index in [-0.39, 0.29) is 24.6 Å². The number of hydrogen-bond donors (Lipinski definition) is 2. The van der Waals surface area contributed by atoms with Crippen LogP contribution >= 0.6 is 0 Å². The van der Waals surface area contributed by atoms with E-state index in [1.165, 1.54) is 18.0 Å². The third-order valence-corrected chi connectivity index (χ3v) is 2.09. The van der Waals surface area contributed by atoms with Gasteiger partial charge in [0.15, 0.2) is 0 Å². The van der Waals surface area contributed by atoms with E-state index in [0.29, 0.717) is 12.1 Å². The molecule has 15 heavy (non-hydrogen) atoms. The van der Waals surface area contributed by atoms with Gasteiger partial charge in [-0.05, 0) is 6.92 Å². The van der Waals surface area contributed by atoms with Gasteiger partial charge in [-0.3, -0.25) is 14.6 Å². The molecule has 84 valence electrons. The summed E-state index contributed by atoms with van der Waals surface area (Å²) in [6.45, 7) is 3.32. The summed E-state index contributed by atoms with van der Waals surface area (Å²) in [5.41, 5.74) is 0.687. The molecule has 1 amide bonds. The van der Waals surface area contributed by atoms with Crippen molar-refractivity contribution >= 4 is 11.9 Å². The molecule has 0 bridgehead atoms. The van der Waals surface area contributed by atoms with Crippen molar-refractivity contribution in [1.82, 2.24) is 10.3 Å². The van der Waals surface area contributed by atoms with E-state index in [1.807, 2.05) is 0 Å². The molecule has 1 rings (SSSR count). The summed E-state index contributed by atoms with van der Waals surface area (Å²) in [6, 6.07) is 0. The van der Waals surface area contributed by atoms with E-state index in [9.17, 15) is 9.59 Å². The van der Waals surface area contributed by atoms with Crippen LogP contribution in [0.15, 0.2) is 11.8 Å². The second-order valence-corrected chi connectivity index (χ2v) is 3.35. The average molecular weight is 213 g/mol. The third kappa shape index (κ3) is 3.25. The number of allylic oxidation sites excluding steroid dienone is 1. The number of nitrogens with one attached hydrogen (secondary N) is 1. The maximum atomic E-state index is 11.1. The molecule has 0 spiro atoms. The van der Waals surface area contributed by atoms with Crippen LogP contribution in [0.4, 0.5) is 0 Å². The molecule has 1 unspecified atom stereocenters. The van der Waals surface area contributed by atoms with Crippen LogP contribution in [0.5, 0.6) is 0 Å². The Hall–Kier alpha value is -1.56. The molecule has 0 radical (unpaired) electrons. The Morgan fingerprint density at radius 1 is 1.73 bits per heavy atom.